The molecule has 1 amide bonds. The van der Waals surface area contributed by atoms with Crippen LogP contribution in [-0.2, 0) is 9.53 Å². The van der Waals surface area contributed by atoms with Gasteiger partial charge in [0.25, 0.3) is 5.91 Å². The predicted octanol–water partition coefficient (Wildman–Crippen LogP) is 1.28. The molecule has 5 nitrogen and oxygen atoms in total. The lowest BCUT2D eigenvalue weighted by molar-refractivity contribution is -0.142. The average molecular weight is 342 g/mol. The van der Waals surface area contributed by atoms with Gasteiger partial charge in [-0.15, -0.1) is 24.8 Å². The van der Waals surface area contributed by atoms with Gasteiger partial charge in [-0.1, -0.05) is 6.92 Å². The summed E-state index contributed by atoms with van der Waals surface area (Å²) in [7, 11) is 1.90. The summed E-state index contributed by atoms with van der Waals surface area (Å²) in [4.78, 5) is 16.6. The number of ether oxygens (including phenoxy) is 1. The van der Waals surface area contributed by atoms with Crippen molar-refractivity contribution < 1.29 is 9.53 Å². The number of halogens is 2. The molecule has 126 valence electrons. The molecule has 0 aromatic heterocycles. The first kappa shape index (κ1) is 20.9. The summed E-state index contributed by atoms with van der Waals surface area (Å²) in [5, 5.41) is 0. The normalized spacial score (nSPS) is 28.8. The van der Waals surface area contributed by atoms with Gasteiger partial charge in [0.15, 0.2) is 0 Å². The van der Waals surface area contributed by atoms with Crippen LogP contribution < -0.4 is 5.73 Å². The van der Waals surface area contributed by atoms with E-state index in [1.807, 2.05) is 11.9 Å². The summed E-state index contributed by atoms with van der Waals surface area (Å²) < 4.78 is 5.68. The first-order valence-corrected chi connectivity index (χ1v) is 7.50. The smallest absolute Gasteiger partial charge is 0.251 e. The van der Waals surface area contributed by atoms with Crippen LogP contribution in [0.2, 0.25) is 0 Å². The molecular formula is C14H29Cl2N3O2. The van der Waals surface area contributed by atoms with Crippen molar-refractivity contribution in [3.63, 3.8) is 0 Å². The quantitative estimate of drug-likeness (QED) is 0.818. The minimum Gasteiger partial charge on any atom is -0.364 e. The van der Waals surface area contributed by atoms with Crippen LogP contribution in [-0.4, -0.2) is 67.2 Å². The largest absolute Gasteiger partial charge is 0.364 e. The number of rotatable bonds is 5. The maximum Gasteiger partial charge on any atom is 0.251 e. The van der Waals surface area contributed by atoms with Crippen molar-refractivity contribution in [2.45, 2.75) is 50.9 Å². The minimum absolute atomic E-state index is 0. The van der Waals surface area contributed by atoms with Gasteiger partial charge in [0.1, 0.15) is 6.10 Å². The molecule has 0 aromatic rings. The van der Waals surface area contributed by atoms with Crippen molar-refractivity contribution in [2.75, 3.05) is 33.2 Å². The highest BCUT2D eigenvalue weighted by Gasteiger charge is 2.33. The summed E-state index contributed by atoms with van der Waals surface area (Å²) in [6.07, 6.45) is 3.97. The van der Waals surface area contributed by atoms with Gasteiger partial charge in [0.2, 0.25) is 0 Å². The molecule has 3 atom stereocenters. The molecule has 0 bridgehead atoms. The monoisotopic (exact) mass is 341 g/mol. The van der Waals surface area contributed by atoms with Crippen molar-refractivity contribution in [1.29, 1.82) is 0 Å². The second-order valence-electron chi connectivity index (χ2n) is 5.70. The van der Waals surface area contributed by atoms with Crippen LogP contribution in [0.5, 0.6) is 0 Å². The molecule has 2 saturated heterocycles. The number of carbonyl (C=O) groups excluding carboxylic acids is 1. The van der Waals surface area contributed by atoms with Gasteiger partial charge in [-0.3, -0.25) is 9.69 Å². The third-order valence-electron chi connectivity index (χ3n) is 4.41. The van der Waals surface area contributed by atoms with Crippen molar-refractivity contribution in [2.24, 2.45) is 5.73 Å². The van der Waals surface area contributed by atoms with E-state index in [2.05, 4.69) is 11.8 Å². The number of hydrogen-bond donors (Lipinski definition) is 1. The molecule has 2 N–H and O–H groups in total. The lowest BCUT2D eigenvalue weighted by Gasteiger charge is -2.29. The Bertz CT molecular complexity index is 321. The predicted molar refractivity (Wildman–Crippen MR) is 89.4 cm³/mol. The Kier molecular flexibility index (Phi) is 9.81. The Morgan fingerprint density at radius 3 is 2.62 bits per heavy atom. The first-order valence-electron chi connectivity index (χ1n) is 7.50. The Labute approximate surface area is 140 Å². The molecule has 2 rings (SSSR count). The number of nitrogens with zero attached hydrogens (tertiary/aromatic N) is 2. The summed E-state index contributed by atoms with van der Waals surface area (Å²) in [5.41, 5.74) is 5.58. The van der Waals surface area contributed by atoms with Gasteiger partial charge in [-0.2, -0.15) is 0 Å². The molecule has 0 saturated carbocycles. The number of amides is 1. The fraction of sp³-hybridized carbons (Fsp3) is 0.929. The summed E-state index contributed by atoms with van der Waals surface area (Å²) in [5.74, 6) is 0.124. The van der Waals surface area contributed by atoms with Crippen molar-refractivity contribution >= 4 is 30.7 Å². The minimum atomic E-state index is -0.268. The van der Waals surface area contributed by atoms with E-state index in [0.717, 1.165) is 25.9 Å². The van der Waals surface area contributed by atoms with Gasteiger partial charge in [0, 0.05) is 26.2 Å². The van der Waals surface area contributed by atoms with Gasteiger partial charge >= 0.3 is 0 Å². The summed E-state index contributed by atoms with van der Waals surface area (Å²) >= 11 is 0. The zero-order valence-corrected chi connectivity index (χ0v) is 14.6. The van der Waals surface area contributed by atoms with Crippen LogP contribution in [0.4, 0.5) is 0 Å². The molecule has 0 aromatic carbocycles. The van der Waals surface area contributed by atoms with E-state index in [-0.39, 0.29) is 42.9 Å². The molecule has 2 heterocycles. The highest BCUT2D eigenvalue weighted by atomic mass is 35.5. The molecule has 21 heavy (non-hydrogen) atoms. The van der Waals surface area contributed by atoms with Crippen LogP contribution in [0.1, 0.15) is 32.6 Å². The molecule has 0 radical (unpaired) electrons. The summed E-state index contributed by atoms with van der Waals surface area (Å²) in [6, 6.07) is 0.519. The molecule has 1 unspecified atom stereocenters. The lowest BCUT2D eigenvalue weighted by Crippen LogP contribution is -2.44. The Hall–Kier alpha value is -0.0700. The molecule has 0 spiro atoms. The molecule has 2 fully saturated rings. The zero-order valence-electron chi connectivity index (χ0n) is 13.0. The van der Waals surface area contributed by atoms with Crippen LogP contribution >= 0.6 is 24.8 Å². The molecular weight excluding hydrogens is 313 g/mol. The number of likely N-dealkylation sites (N-methyl/N-ethyl adjacent to an activating group) is 2. The van der Waals surface area contributed by atoms with E-state index in [9.17, 15) is 4.79 Å². The van der Waals surface area contributed by atoms with Gasteiger partial charge in [-0.05, 0) is 38.8 Å². The second kappa shape index (κ2) is 9.85. The van der Waals surface area contributed by atoms with E-state index < -0.39 is 0 Å². The van der Waals surface area contributed by atoms with Crippen LogP contribution in [0.25, 0.3) is 0 Å². The average Bonchev–Trinajstić information content (AvgIpc) is 3.06. The molecule has 7 heteroatoms. The maximum absolute atomic E-state index is 12.3. The second-order valence-corrected chi connectivity index (χ2v) is 5.70. The number of nitrogens with two attached hydrogens (primary N) is 1. The van der Waals surface area contributed by atoms with E-state index in [0.29, 0.717) is 12.6 Å². The fourth-order valence-electron chi connectivity index (χ4n) is 3.23. The van der Waals surface area contributed by atoms with Gasteiger partial charge in [0.05, 0.1) is 6.10 Å². The van der Waals surface area contributed by atoms with Gasteiger partial charge < -0.3 is 15.4 Å². The van der Waals surface area contributed by atoms with E-state index >= 15 is 0 Å². The summed E-state index contributed by atoms with van der Waals surface area (Å²) in [6.45, 7) is 5.76. The lowest BCUT2D eigenvalue weighted by atomic mass is 10.1. The zero-order chi connectivity index (χ0) is 13.8. The Balaban J connectivity index is 0.00000200. The van der Waals surface area contributed by atoms with Crippen molar-refractivity contribution in [3.8, 4) is 0 Å². The fourth-order valence-corrected chi connectivity index (χ4v) is 3.23. The Morgan fingerprint density at radius 1 is 1.33 bits per heavy atom. The van der Waals surface area contributed by atoms with E-state index in [1.54, 1.807) is 0 Å². The standard InChI is InChI=1S/C14H27N3O2.2ClH/c1-3-17-8-4-5-11(17)10-16(2)14(18)13-7-6-12(9-15)19-13;;/h11-13H,3-10,15H2,1-2H3;2*1H/t11?,12-,13+;;/m1../s1. The maximum atomic E-state index is 12.3. The van der Waals surface area contributed by atoms with Crippen molar-refractivity contribution in [3.05, 3.63) is 0 Å². The first-order chi connectivity index (χ1) is 9.15. The number of carbonyl (C=O) groups is 1. The van der Waals surface area contributed by atoms with Gasteiger partial charge in [-0.25, -0.2) is 0 Å². The molecule has 0 aliphatic carbocycles. The Morgan fingerprint density at radius 2 is 2.05 bits per heavy atom. The number of hydrogen-bond acceptors (Lipinski definition) is 4. The molecule has 2 aliphatic heterocycles. The van der Waals surface area contributed by atoms with E-state index in [1.165, 1.54) is 19.4 Å². The SMILES string of the molecule is CCN1CCCC1CN(C)C(=O)[C@@H]1CC[C@H](CN)O1.Cl.Cl. The number of likely N-dealkylation sites (tertiary alicyclic amines) is 1. The highest BCUT2D eigenvalue weighted by Crippen LogP contribution is 2.22. The van der Waals surface area contributed by atoms with E-state index in [4.69, 9.17) is 10.5 Å². The van der Waals surface area contributed by atoms with Crippen LogP contribution in [0, 0.1) is 0 Å². The van der Waals surface area contributed by atoms with Crippen molar-refractivity contribution in [1.82, 2.24) is 9.80 Å². The van der Waals surface area contributed by atoms with Crippen LogP contribution in [0.15, 0.2) is 0 Å². The van der Waals surface area contributed by atoms with Crippen LogP contribution in [0.3, 0.4) is 0 Å². The highest BCUT2D eigenvalue weighted by molar-refractivity contribution is 5.85. The third kappa shape index (κ3) is 5.25. The topological polar surface area (TPSA) is 58.8 Å². The molecule has 2 aliphatic rings. The third-order valence-corrected chi connectivity index (χ3v) is 4.41.